The zero-order chi connectivity index (χ0) is 15.8. The number of aryl methyl sites for hydroxylation is 1. The first kappa shape index (κ1) is 16.3. The van der Waals surface area contributed by atoms with Crippen LogP contribution in [0.3, 0.4) is 0 Å². The van der Waals surface area contributed by atoms with Crippen LogP contribution in [0.2, 0.25) is 0 Å². The number of aromatic nitrogens is 1. The topological polar surface area (TPSA) is 40.6 Å². The fourth-order valence-electron chi connectivity index (χ4n) is 2.09. The van der Waals surface area contributed by atoms with Crippen molar-refractivity contribution >= 4 is 12.6 Å². The smallest absolute Gasteiger partial charge is 0.474 e. The number of nitrogens with zero attached hydrogens (tertiary/aromatic N) is 1. The lowest BCUT2D eigenvalue weighted by Gasteiger charge is -2.32. The van der Waals surface area contributed by atoms with Crippen LogP contribution in [-0.2, 0) is 9.31 Å². The third-order valence-corrected chi connectivity index (χ3v) is 4.46. The average molecular weight is 291 g/mol. The zero-order valence-corrected chi connectivity index (χ0v) is 14.2. The first-order valence-electron chi connectivity index (χ1n) is 7.65. The van der Waals surface area contributed by atoms with Gasteiger partial charge in [-0.1, -0.05) is 13.0 Å². The van der Waals surface area contributed by atoms with Gasteiger partial charge in [-0.2, -0.15) is 0 Å². The second kappa shape index (κ2) is 5.62. The van der Waals surface area contributed by atoms with E-state index in [0.717, 1.165) is 17.4 Å². The summed E-state index contributed by atoms with van der Waals surface area (Å²) in [4.78, 5) is 4.42. The molecule has 0 radical (unpaired) electrons. The summed E-state index contributed by atoms with van der Waals surface area (Å²) in [6, 6.07) is 2.03. The molecule has 4 nitrogen and oxygen atoms in total. The molecule has 0 bridgehead atoms. The van der Waals surface area contributed by atoms with E-state index in [0.29, 0.717) is 5.88 Å². The standard InChI is InChI=1S/C16H26BNO3/c1-8-12(3)19-14-11(2)9-13(10-18-14)17-20-15(4,5)16(6,7)21-17/h9-10,12H,8H2,1-7H3/t12-/m1/s1. The van der Waals surface area contributed by atoms with E-state index in [-0.39, 0.29) is 24.4 Å². The minimum Gasteiger partial charge on any atom is -0.474 e. The molecule has 1 saturated heterocycles. The molecule has 1 aliphatic rings. The molecule has 0 unspecified atom stereocenters. The Hall–Kier alpha value is -1.07. The van der Waals surface area contributed by atoms with Gasteiger partial charge in [-0.05, 0) is 48.0 Å². The van der Waals surface area contributed by atoms with Gasteiger partial charge in [0.15, 0.2) is 0 Å². The SMILES string of the molecule is CC[C@@H](C)Oc1ncc(B2OC(C)(C)C(C)(C)O2)cc1C. The molecule has 0 amide bonds. The molecule has 1 aliphatic heterocycles. The maximum Gasteiger partial charge on any atom is 0.496 e. The fourth-order valence-corrected chi connectivity index (χ4v) is 2.09. The molecule has 2 rings (SSSR count). The van der Waals surface area contributed by atoms with E-state index < -0.39 is 0 Å². The van der Waals surface area contributed by atoms with Crippen LogP contribution in [0, 0.1) is 6.92 Å². The van der Waals surface area contributed by atoms with Crippen LogP contribution in [0.15, 0.2) is 12.3 Å². The van der Waals surface area contributed by atoms with E-state index in [2.05, 4.69) is 11.9 Å². The predicted molar refractivity (Wildman–Crippen MR) is 85.1 cm³/mol. The summed E-state index contributed by atoms with van der Waals surface area (Å²) in [5, 5.41) is 0. The van der Waals surface area contributed by atoms with Crippen molar-refractivity contribution in [3.05, 3.63) is 17.8 Å². The highest BCUT2D eigenvalue weighted by Gasteiger charge is 2.51. The van der Waals surface area contributed by atoms with Gasteiger partial charge < -0.3 is 14.0 Å². The molecule has 0 aliphatic carbocycles. The van der Waals surface area contributed by atoms with E-state index >= 15 is 0 Å². The molecule has 1 fully saturated rings. The summed E-state index contributed by atoms with van der Waals surface area (Å²) in [6.45, 7) is 14.3. The van der Waals surface area contributed by atoms with Gasteiger partial charge in [-0.25, -0.2) is 4.98 Å². The molecule has 116 valence electrons. The van der Waals surface area contributed by atoms with Crippen LogP contribution in [-0.4, -0.2) is 29.4 Å². The van der Waals surface area contributed by atoms with E-state index in [4.69, 9.17) is 14.0 Å². The van der Waals surface area contributed by atoms with Gasteiger partial charge in [0.2, 0.25) is 5.88 Å². The van der Waals surface area contributed by atoms with E-state index in [1.165, 1.54) is 0 Å². The highest BCUT2D eigenvalue weighted by molar-refractivity contribution is 6.62. The van der Waals surface area contributed by atoms with Gasteiger partial charge in [-0.15, -0.1) is 0 Å². The number of hydrogen-bond donors (Lipinski definition) is 0. The fraction of sp³-hybridized carbons (Fsp3) is 0.688. The minimum absolute atomic E-state index is 0.166. The normalized spacial score (nSPS) is 21.4. The Morgan fingerprint density at radius 1 is 1.24 bits per heavy atom. The van der Waals surface area contributed by atoms with Gasteiger partial charge in [0.25, 0.3) is 0 Å². The average Bonchev–Trinajstić information content (AvgIpc) is 2.60. The van der Waals surface area contributed by atoms with Crippen LogP contribution in [0.4, 0.5) is 0 Å². The monoisotopic (exact) mass is 291 g/mol. The quantitative estimate of drug-likeness (QED) is 0.800. The molecule has 0 saturated carbocycles. The van der Waals surface area contributed by atoms with Crippen LogP contribution in [0.25, 0.3) is 0 Å². The van der Waals surface area contributed by atoms with Gasteiger partial charge in [0, 0.05) is 17.2 Å². The molecule has 1 atom stereocenters. The van der Waals surface area contributed by atoms with Gasteiger partial charge >= 0.3 is 7.12 Å². The first-order valence-corrected chi connectivity index (χ1v) is 7.65. The highest BCUT2D eigenvalue weighted by Crippen LogP contribution is 2.36. The second-order valence-electron chi connectivity index (χ2n) is 6.82. The maximum absolute atomic E-state index is 6.04. The van der Waals surface area contributed by atoms with Crippen molar-refractivity contribution < 1.29 is 14.0 Å². The summed E-state index contributed by atoms with van der Waals surface area (Å²) in [7, 11) is -0.376. The van der Waals surface area contributed by atoms with Gasteiger partial charge in [0.05, 0.1) is 17.3 Å². The van der Waals surface area contributed by atoms with Crippen molar-refractivity contribution in [2.45, 2.75) is 72.2 Å². The summed E-state index contributed by atoms with van der Waals surface area (Å²) in [5.74, 6) is 0.685. The molecule has 2 heterocycles. The largest absolute Gasteiger partial charge is 0.496 e. The lowest BCUT2D eigenvalue weighted by atomic mass is 9.80. The Morgan fingerprint density at radius 3 is 2.29 bits per heavy atom. The van der Waals surface area contributed by atoms with Crippen LogP contribution < -0.4 is 10.2 Å². The third-order valence-electron chi connectivity index (χ3n) is 4.46. The predicted octanol–water partition coefficient (Wildman–Crippen LogP) is 2.87. The van der Waals surface area contributed by atoms with E-state index in [9.17, 15) is 0 Å². The van der Waals surface area contributed by atoms with E-state index in [1.54, 1.807) is 6.20 Å². The summed E-state index contributed by atoms with van der Waals surface area (Å²) in [5.41, 5.74) is 1.26. The van der Waals surface area contributed by atoms with Crippen LogP contribution in [0.1, 0.15) is 53.5 Å². The molecule has 1 aromatic heterocycles. The third kappa shape index (κ3) is 3.24. The Labute approximate surface area is 128 Å². The minimum atomic E-state index is -0.376. The Kier molecular flexibility index (Phi) is 4.36. The maximum atomic E-state index is 6.04. The van der Waals surface area contributed by atoms with Crippen molar-refractivity contribution in [2.75, 3.05) is 0 Å². The van der Waals surface area contributed by atoms with Crippen molar-refractivity contribution in [1.29, 1.82) is 0 Å². The summed E-state index contributed by atoms with van der Waals surface area (Å²) in [6.07, 6.45) is 2.91. The van der Waals surface area contributed by atoms with E-state index in [1.807, 2.05) is 47.6 Å². The molecular formula is C16H26BNO3. The van der Waals surface area contributed by atoms with Crippen LogP contribution >= 0.6 is 0 Å². The lowest BCUT2D eigenvalue weighted by molar-refractivity contribution is 0.00578. The van der Waals surface area contributed by atoms with Crippen molar-refractivity contribution in [1.82, 2.24) is 4.98 Å². The van der Waals surface area contributed by atoms with Crippen molar-refractivity contribution in [3.8, 4) is 5.88 Å². The molecular weight excluding hydrogens is 265 g/mol. The second-order valence-corrected chi connectivity index (χ2v) is 6.82. The zero-order valence-electron chi connectivity index (χ0n) is 14.2. The van der Waals surface area contributed by atoms with Gasteiger partial charge in [-0.3, -0.25) is 0 Å². The molecule has 21 heavy (non-hydrogen) atoms. The Bertz CT molecular complexity index is 500. The number of rotatable bonds is 4. The molecule has 1 aromatic rings. The van der Waals surface area contributed by atoms with Crippen molar-refractivity contribution in [2.24, 2.45) is 0 Å². The Morgan fingerprint density at radius 2 is 1.81 bits per heavy atom. The first-order chi connectivity index (χ1) is 9.66. The van der Waals surface area contributed by atoms with Gasteiger partial charge in [0.1, 0.15) is 0 Å². The molecule has 5 heteroatoms. The summed E-state index contributed by atoms with van der Waals surface area (Å²) < 4.78 is 17.9. The lowest BCUT2D eigenvalue weighted by Crippen LogP contribution is -2.41. The highest BCUT2D eigenvalue weighted by atomic mass is 16.7. The molecule has 0 N–H and O–H groups in total. The molecule has 0 spiro atoms. The number of ether oxygens (including phenoxy) is 1. The van der Waals surface area contributed by atoms with Crippen molar-refractivity contribution in [3.63, 3.8) is 0 Å². The van der Waals surface area contributed by atoms with Crippen LogP contribution in [0.5, 0.6) is 5.88 Å². The number of hydrogen-bond acceptors (Lipinski definition) is 4. The Balaban J connectivity index is 2.18. The number of pyridine rings is 1. The molecule has 0 aromatic carbocycles. The summed E-state index contributed by atoms with van der Waals surface area (Å²) >= 11 is 0.